The maximum Gasteiger partial charge on any atom is 0.0238 e. The Morgan fingerprint density at radius 2 is 2.20 bits per heavy atom. The Bertz CT molecular complexity index is 189. The quantitative estimate of drug-likeness (QED) is 0.741. The third kappa shape index (κ3) is 2.71. The number of likely N-dealkylation sites (tertiary alicyclic amines) is 1. The Morgan fingerprint density at radius 3 is 2.73 bits per heavy atom. The first-order valence-electron chi connectivity index (χ1n) is 6.46. The molecule has 0 aromatic carbocycles. The molecule has 0 aromatic rings. The fourth-order valence-corrected chi connectivity index (χ4v) is 3.03. The van der Waals surface area contributed by atoms with E-state index < -0.39 is 0 Å². The Balaban J connectivity index is 1.92. The molecule has 15 heavy (non-hydrogen) atoms. The van der Waals surface area contributed by atoms with Crippen molar-refractivity contribution in [1.82, 2.24) is 15.1 Å². The van der Waals surface area contributed by atoms with Crippen LogP contribution in [0.4, 0.5) is 0 Å². The van der Waals surface area contributed by atoms with Gasteiger partial charge in [0.1, 0.15) is 0 Å². The molecule has 2 rings (SSSR count). The van der Waals surface area contributed by atoms with E-state index in [1.807, 2.05) is 0 Å². The maximum absolute atomic E-state index is 3.49. The zero-order valence-corrected chi connectivity index (χ0v) is 10.2. The van der Waals surface area contributed by atoms with Crippen molar-refractivity contribution in [2.45, 2.75) is 38.3 Å². The van der Waals surface area contributed by atoms with Gasteiger partial charge in [-0.25, -0.2) is 0 Å². The fraction of sp³-hybridized carbons (Fsp3) is 1.00. The number of nitrogens with zero attached hydrogens (tertiary/aromatic N) is 2. The van der Waals surface area contributed by atoms with E-state index in [0.717, 1.165) is 12.1 Å². The van der Waals surface area contributed by atoms with Gasteiger partial charge in [-0.3, -0.25) is 4.90 Å². The standard InChI is InChI=1S/C12H25N3/c1-3-7-15(11-4-6-13-9-11)12-5-8-14(2)10-12/h11-13H,3-10H2,1-2H3. The van der Waals surface area contributed by atoms with Crippen molar-refractivity contribution in [3.05, 3.63) is 0 Å². The van der Waals surface area contributed by atoms with Crippen LogP contribution in [0.25, 0.3) is 0 Å². The second-order valence-electron chi connectivity index (χ2n) is 5.09. The average Bonchev–Trinajstić information content (AvgIpc) is 2.85. The second kappa shape index (κ2) is 5.28. The van der Waals surface area contributed by atoms with Gasteiger partial charge in [-0.05, 0) is 45.9 Å². The molecule has 0 bridgehead atoms. The van der Waals surface area contributed by atoms with E-state index in [1.54, 1.807) is 0 Å². The van der Waals surface area contributed by atoms with E-state index in [1.165, 1.54) is 52.0 Å². The van der Waals surface area contributed by atoms with Crippen LogP contribution in [-0.4, -0.2) is 61.7 Å². The molecule has 2 fully saturated rings. The van der Waals surface area contributed by atoms with Crippen LogP contribution in [0.3, 0.4) is 0 Å². The van der Waals surface area contributed by atoms with Gasteiger partial charge in [0.25, 0.3) is 0 Å². The summed E-state index contributed by atoms with van der Waals surface area (Å²) in [6, 6.07) is 1.63. The summed E-state index contributed by atoms with van der Waals surface area (Å²) < 4.78 is 0. The number of hydrogen-bond donors (Lipinski definition) is 1. The fourth-order valence-electron chi connectivity index (χ4n) is 3.03. The van der Waals surface area contributed by atoms with E-state index in [9.17, 15) is 0 Å². The van der Waals surface area contributed by atoms with Crippen molar-refractivity contribution >= 4 is 0 Å². The van der Waals surface area contributed by atoms with Gasteiger partial charge in [0.05, 0.1) is 0 Å². The Hall–Kier alpha value is -0.120. The predicted molar refractivity (Wildman–Crippen MR) is 64.2 cm³/mol. The first-order valence-corrected chi connectivity index (χ1v) is 6.46. The number of hydrogen-bond acceptors (Lipinski definition) is 3. The van der Waals surface area contributed by atoms with Crippen LogP contribution in [0.5, 0.6) is 0 Å². The highest BCUT2D eigenvalue weighted by molar-refractivity contribution is 4.89. The van der Waals surface area contributed by atoms with E-state index in [4.69, 9.17) is 0 Å². The van der Waals surface area contributed by atoms with Gasteiger partial charge in [0.15, 0.2) is 0 Å². The summed E-state index contributed by atoms with van der Waals surface area (Å²) in [6.07, 6.45) is 4.00. The Morgan fingerprint density at radius 1 is 1.33 bits per heavy atom. The molecule has 0 aliphatic carbocycles. The minimum Gasteiger partial charge on any atom is -0.315 e. The van der Waals surface area contributed by atoms with E-state index in [-0.39, 0.29) is 0 Å². The smallest absolute Gasteiger partial charge is 0.0238 e. The first-order chi connectivity index (χ1) is 7.31. The lowest BCUT2D eigenvalue weighted by Gasteiger charge is -2.33. The molecule has 2 unspecified atom stereocenters. The monoisotopic (exact) mass is 211 g/mol. The van der Waals surface area contributed by atoms with Crippen LogP contribution in [0.15, 0.2) is 0 Å². The summed E-state index contributed by atoms with van der Waals surface area (Å²) in [5.74, 6) is 0. The molecule has 2 saturated heterocycles. The lowest BCUT2D eigenvalue weighted by Crippen LogP contribution is -2.45. The van der Waals surface area contributed by atoms with E-state index in [2.05, 4.69) is 29.1 Å². The minimum atomic E-state index is 0.807. The lowest BCUT2D eigenvalue weighted by atomic mass is 10.1. The highest BCUT2D eigenvalue weighted by atomic mass is 15.3. The molecule has 3 nitrogen and oxygen atoms in total. The van der Waals surface area contributed by atoms with Crippen molar-refractivity contribution in [3.8, 4) is 0 Å². The van der Waals surface area contributed by atoms with Crippen LogP contribution < -0.4 is 5.32 Å². The van der Waals surface area contributed by atoms with Gasteiger partial charge < -0.3 is 10.2 Å². The molecule has 2 heterocycles. The van der Waals surface area contributed by atoms with Gasteiger partial charge in [-0.15, -0.1) is 0 Å². The molecule has 3 heteroatoms. The normalized spacial score (nSPS) is 33.0. The summed E-state index contributed by atoms with van der Waals surface area (Å²) in [4.78, 5) is 5.24. The Kier molecular flexibility index (Phi) is 4.00. The molecular formula is C12H25N3. The van der Waals surface area contributed by atoms with Crippen LogP contribution in [0, 0.1) is 0 Å². The molecule has 1 N–H and O–H groups in total. The summed E-state index contributed by atoms with van der Waals surface area (Å²) in [5.41, 5.74) is 0. The lowest BCUT2D eigenvalue weighted by molar-refractivity contribution is 0.145. The zero-order valence-electron chi connectivity index (χ0n) is 10.2. The van der Waals surface area contributed by atoms with Gasteiger partial charge in [0.2, 0.25) is 0 Å². The van der Waals surface area contributed by atoms with Gasteiger partial charge in [-0.2, -0.15) is 0 Å². The van der Waals surface area contributed by atoms with Gasteiger partial charge in [-0.1, -0.05) is 6.92 Å². The second-order valence-corrected chi connectivity index (χ2v) is 5.09. The molecule has 88 valence electrons. The highest BCUT2D eigenvalue weighted by Gasteiger charge is 2.31. The molecular weight excluding hydrogens is 186 g/mol. The van der Waals surface area contributed by atoms with Crippen LogP contribution in [0.2, 0.25) is 0 Å². The molecule has 2 aliphatic rings. The van der Waals surface area contributed by atoms with Crippen molar-refractivity contribution < 1.29 is 0 Å². The van der Waals surface area contributed by atoms with Gasteiger partial charge in [0, 0.05) is 25.2 Å². The summed E-state index contributed by atoms with van der Waals surface area (Å²) in [7, 11) is 2.25. The van der Waals surface area contributed by atoms with E-state index >= 15 is 0 Å². The summed E-state index contributed by atoms with van der Waals surface area (Å²) in [5, 5.41) is 3.49. The van der Waals surface area contributed by atoms with Crippen LogP contribution >= 0.6 is 0 Å². The van der Waals surface area contributed by atoms with Crippen molar-refractivity contribution in [2.24, 2.45) is 0 Å². The molecule has 0 radical (unpaired) electrons. The predicted octanol–water partition coefficient (Wildman–Crippen LogP) is 0.764. The third-order valence-electron chi connectivity index (χ3n) is 3.82. The van der Waals surface area contributed by atoms with Gasteiger partial charge >= 0.3 is 0 Å². The molecule has 0 saturated carbocycles. The topological polar surface area (TPSA) is 18.5 Å². The SMILES string of the molecule is CCCN(C1CCNC1)C1CCN(C)C1. The third-order valence-corrected chi connectivity index (χ3v) is 3.82. The Labute approximate surface area is 93.8 Å². The molecule has 0 spiro atoms. The number of nitrogens with one attached hydrogen (secondary N) is 1. The van der Waals surface area contributed by atoms with Crippen LogP contribution in [-0.2, 0) is 0 Å². The zero-order chi connectivity index (χ0) is 10.7. The van der Waals surface area contributed by atoms with Crippen molar-refractivity contribution in [1.29, 1.82) is 0 Å². The minimum absolute atomic E-state index is 0.807. The van der Waals surface area contributed by atoms with Crippen molar-refractivity contribution in [3.63, 3.8) is 0 Å². The molecule has 2 atom stereocenters. The van der Waals surface area contributed by atoms with Crippen LogP contribution in [0.1, 0.15) is 26.2 Å². The first kappa shape index (κ1) is 11.4. The molecule has 0 aromatic heterocycles. The number of rotatable bonds is 4. The average molecular weight is 211 g/mol. The molecule has 2 aliphatic heterocycles. The van der Waals surface area contributed by atoms with Crippen molar-refractivity contribution in [2.75, 3.05) is 39.8 Å². The van der Waals surface area contributed by atoms with E-state index in [0.29, 0.717) is 0 Å². The number of likely N-dealkylation sites (N-methyl/N-ethyl adjacent to an activating group) is 1. The highest BCUT2D eigenvalue weighted by Crippen LogP contribution is 2.20. The maximum atomic E-state index is 3.49. The summed E-state index contributed by atoms with van der Waals surface area (Å²) >= 11 is 0. The summed E-state index contributed by atoms with van der Waals surface area (Å²) in [6.45, 7) is 8.56. The molecule has 0 amide bonds. The largest absolute Gasteiger partial charge is 0.315 e.